The van der Waals surface area contributed by atoms with E-state index < -0.39 is 0 Å². The zero-order valence-electron chi connectivity index (χ0n) is 13.9. The van der Waals surface area contributed by atoms with Crippen LogP contribution in [0.4, 0.5) is 0 Å². The fraction of sp³-hybridized carbons (Fsp3) is 0.263. The number of nitrogens with one attached hydrogen (secondary N) is 1. The van der Waals surface area contributed by atoms with Gasteiger partial charge in [0.25, 0.3) is 5.91 Å². The number of nitrogens with zero attached hydrogens (tertiary/aromatic N) is 1. The Labute approximate surface area is 152 Å². The van der Waals surface area contributed by atoms with E-state index in [2.05, 4.69) is 5.32 Å². The number of rotatable bonds is 8. The average molecular weight is 359 g/mol. The summed E-state index contributed by atoms with van der Waals surface area (Å²) in [6.45, 7) is 2.65. The first-order chi connectivity index (χ1) is 12.1. The number of carbonyl (C=O) groups excluding carboxylic acids is 1. The monoisotopic (exact) mass is 358 g/mol. The van der Waals surface area contributed by atoms with Crippen LogP contribution in [-0.4, -0.2) is 25.7 Å². The smallest absolute Gasteiger partial charge is 0.257 e. The van der Waals surface area contributed by atoms with E-state index in [0.717, 1.165) is 5.56 Å². The molecular weight excluding hydrogens is 340 g/mol. The molecule has 1 amide bonds. The summed E-state index contributed by atoms with van der Waals surface area (Å²) in [5, 5.41) is 12.4. The summed E-state index contributed by atoms with van der Waals surface area (Å²) >= 11 is 5.93. The third-order valence-electron chi connectivity index (χ3n) is 3.36. The summed E-state index contributed by atoms with van der Waals surface area (Å²) in [4.78, 5) is 11.9. The maximum atomic E-state index is 11.9. The van der Waals surface area contributed by atoms with Gasteiger partial charge in [-0.3, -0.25) is 4.79 Å². The highest BCUT2D eigenvalue weighted by atomic mass is 35.5. The fourth-order valence-corrected chi connectivity index (χ4v) is 2.41. The van der Waals surface area contributed by atoms with Crippen molar-refractivity contribution in [3.63, 3.8) is 0 Å². The Balaban J connectivity index is 1.82. The maximum Gasteiger partial charge on any atom is 0.257 e. The quantitative estimate of drug-likeness (QED) is 0.785. The Morgan fingerprint density at radius 2 is 2.04 bits per heavy atom. The Morgan fingerprint density at radius 3 is 2.76 bits per heavy atom. The average Bonchev–Trinajstić information content (AvgIpc) is 2.61. The SMILES string of the molecule is CCOc1cc(C#N)ccc1OCC(=O)NCCc1cccc(Cl)c1. The van der Waals surface area contributed by atoms with Crippen LogP contribution in [0.15, 0.2) is 42.5 Å². The van der Waals surface area contributed by atoms with Crippen LogP contribution in [0.3, 0.4) is 0 Å². The summed E-state index contributed by atoms with van der Waals surface area (Å²) in [5.41, 5.74) is 1.53. The Hall–Kier alpha value is -2.71. The molecule has 130 valence electrons. The van der Waals surface area contributed by atoms with Crippen LogP contribution >= 0.6 is 11.6 Å². The van der Waals surface area contributed by atoms with Crippen LogP contribution in [0.2, 0.25) is 5.02 Å². The molecule has 2 rings (SSSR count). The van der Waals surface area contributed by atoms with Crippen LogP contribution in [0.1, 0.15) is 18.1 Å². The van der Waals surface area contributed by atoms with Gasteiger partial charge >= 0.3 is 0 Å². The second kappa shape index (κ2) is 9.55. The number of nitriles is 1. The molecule has 1 N–H and O–H groups in total. The van der Waals surface area contributed by atoms with Crippen molar-refractivity contribution in [3.05, 3.63) is 58.6 Å². The van der Waals surface area contributed by atoms with Gasteiger partial charge in [-0.05, 0) is 43.2 Å². The molecule has 0 radical (unpaired) electrons. The minimum atomic E-state index is -0.228. The predicted molar refractivity (Wildman–Crippen MR) is 96.0 cm³/mol. The van der Waals surface area contributed by atoms with Gasteiger partial charge in [-0.1, -0.05) is 23.7 Å². The standard InChI is InChI=1S/C19H19ClN2O3/c1-2-24-18-11-15(12-21)6-7-17(18)25-13-19(23)22-9-8-14-4-3-5-16(20)10-14/h3-7,10-11H,2,8-9,13H2,1H3,(H,22,23). The fourth-order valence-electron chi connectivity index (χ4n) is 2.20. The van der Waals surface area contributed by atoms with Crippen molar-refractivity contribution in [2.45, 2.75) is 13.3 Å². The lowest BCUT2D eigenvalue weighted by Crippen LogP contribution is -2.30. The van der Waals surface area contributed by atoms with Crippen LogP contribution < -0.4 is 14.8 Å². The van der Waals surface area contributed by atoms with Gasteiger partial charge in [-0.2, -0.15) is 5.26 Å². The lowest BCUT2D eigenvalue weighted by molar-refractivity contribution is -0.123. The van der Waals surface area contributed by atoms with Crippen molar-refractivity contribution in [3.8, 4) is 17.6 Å². The Kier molecular flexibility index (Phi) is 7.12. The molecular formula is C19H19ClN2O3. The van der Waals surface area contributed by atoms with E-state index in [-0.39, 0.29) is 12.5 Å². The van der Waals surface area contributed by atoms with Gasteiger partial charge in [-0.25, -0.2) is 0 Å². The van der Waals surface area contributed by atoms with Crippen molar-refractivity contribution < 1.29 is 14.3 Å². The topological polar surface area (TPSA) is 71.3 Å². The molecule has 25 heavy (non-hydrogen) atoms. The zero-order chi connectivity index (χ0) is 18.1. The summed E-state index contributed by atoms with van der Waals surface area (Å²) in [6, 6.07) is 14.4. The van der Waals surface area contributed by atoms with Crippen LogP contribution in [0.5, 0.6) is 11.5 Å². The summed E-state index contributed by atoms with van der Waals surface area (Å²) in [5.74, 6) is 0.660. The van der Waals surface area contributed by atoms with Crippen molar-refractivity contribution in [1.29, 1.82) is 5.26 Å². The van der Waals surface area contributed by atoms with Gasteiger partial charge in [-0.15, -0.1) is 0 Å². The number of ether oxygens (including phenoxy) is 2. The second-order valence-corrected chi connectivity index (χ2v) is 5.66. The van der Waals surface area contributed by atoms with Gasteiger partial charge < -0.3 is 14.8 Å². The van der Waals surface area contributed by atoms with Gasteiger partial charge in [0.2, 0.25) is 0 Å². The van der Waals surface area contributed by atoms with Crippen molar-refractivity contribution in [1.82, 2.24) is 5.32 Å². The van der Waals surface area contributed by atoms with E-state index in [4.69, 9.17) is 26.3 Å². The highest BCUT2D eigenvalue weighted by Crippen LogP contribution is 2.28. The van der Waals surface area contributed by atoms with E-state index in [1.165, 1.54) is 0 Å². The first-order valence-corrected chi connectivity index (χ1v) is 8.31. The molecule has 2 aromatic carbocycles. The predicted octanol–water partition coefficient (Wildman–Crippen LogP) is 3.35. The minimum Gasteiger partial charge on any atom is -0.490 e. The Morgan fingerprint density at radius 1 is 1.20 bits per heavy atom. The van der Waals surface area contributed by atoms with Crippen molar-refractivity contribution >= 4 is 17.5 Å². The molecule has 0 aromatic heterocycles. The Bertz CT molecular complexity index is 772. The molecule has 0 aliphatic carbocycles. The number of hydrogen-bond donors (Lipinski definition) is 1. The molecule has 0 aliphatic rings. The van der Waals surface area contributed by atoms with Gasteiger partial charge in [0.05, 0.1) is 18.2 Å². The first kappa shape index (κ1) is 18.6. The molecule has 6 heteroatoms. The van der Waals surface area contributed by atoms with E-state index in [1.807, 2.05) is 37.3 Å². The summed E-state index contributed by atoms with van der Waals surface area (Å²) < 4.78 is 10.9. The maximum absolute atomic E-state index is 11.9. The molecule has 0 bridgehead atoms. The highest BCUT2D eigenvalue weighted by Gasteiger charge is 2.09. The molecule has 0 saturated carbocycles. The molecule has 5 nitrogen and oxygen atoms in total. The lowest BCUT2D eigenvalue weighted by atomic mass is 10.1. The molecule has 0 spiro atoms. The molecule has 0 atom stereocenters. The van der Waals surface area contributed by atoms with E-state index in [0.29, 0.717) is 41.7 Å². The second-order valence-electron chi connectivity index (χ2n) is 5.22. The van der Waals surface area contributed by atoms with Crippen LogP contribution in [0.25, 0.3) is 0 Å². The normalized spacial score (nSPS) is 9.96. The highest BCUT2D eigenvalue weighted by molar-refractivity contribution is 6.30. The molecule has 0 heterocycles. The zero-order valence-corrected chi connectivity index (χ0v) is 14.7. The number of halogens is 1. The third kappa shape index (κ3) is 6.02. The number of amides is 1. The van der Waals surface area contributed by atoms with Gasteiger partial charge in [0.15, 0.2) is 18.1 Å². The van der Waals surface area contributed by atoms with E-state index in [9.17, 15) is 4.79 Å². The van der Waals surface area contributed by atoms with Crippen molar-refractivity contribution in [2.24, 2.45) is 0 Å². The van der Waals surface area contributed by atoms with Gasteiger partial charge in [0.1, 0.15) is 0 Å². The largest absolute Gasteiger partial charge is 0.490 e. The van der Waals surface area contributed by atoms with Crippen LogP contribution in [-0.2, 0) is 11.2 Å². The lowest BCUT2D eigenvalue weighted by Gasteiger charge is -2.12. The van der Waals surface area contributed by atoms with Crippen LogP contribution in [0, 0.1) is 11.3 Å². The number of hydrogen-bond acceptors (Lipinski definition) is 4. The first-order valence-electron chi connectivity index (χ1n) is 7.93. The van der Waals surface area contributed by atoms with E-state index >= 15 is 0 Å². The minimum absolute atomic E-state index is 0.123. The van der Waals surface area contributed by atoms with E-state index in [1.54, 1.807) is 18.2 Å². The van der Waals surface area contributed by atoms with Gasteiger partial charge in [0, 0.05) is 17.6 Å². The summed E-state index contributed by atoms with van der Waals surface area (Å²) in [7, 11) is 0. The molecule has 0 unspecified atom stereocenters. The van der Waals surface area contributed by atoms with Crippen molar-refractivity contribution in [2.75, 3.05) is 19.8 Å². The molecule has 0 fully saturated rings. The molecule has 2 aromatic rings. The molecule has 0 saturated heterocycles. The third-order valence-corrected chi connectivity index (χ3v) is 3.59. The summed E-state index contributed by atoms with van der Waals surface area (Å²) in [6.07, 6.45) is 0.688. The number of carbonyl (C=O) groups is 1. The number of benzene rings is 2. The molecule has 0 aliphatic heterocycles.